The van der Waals surface area contributed by atoms with Gasteiger partial charge in [0.2, 0.25) is 0 Å². The molecule has 0 bridgehead atoms. The van der Waals surface area contributed by atoms with Crippen LogP contribution in [0.15, 0.2) is 48.5 Å². The molecule has 1 nitrogen and oxygen atoms in total. The van der Waals surface area contributed by atoms with E-state index >= 15 is 0 Å². The van der Waals surface area contributed by atoms with Crippen LogP contribution in [0.1, 0.15) is 74.9 Å². The molecule has 0 amide bonds. The largest absolute Gasteiger partial charge is 0.309 e. The molecule has 0 spiro atoms. The zero-order valence-electron chi connectivity index (χ0n) is 18.1. The van der Waals surface area contributed by atoms with E-state index in [0.29, 0.717) is 0 Å². The molecule has 142 valence electrons. The summed E-state index contributed by atoms with van der Waals surface area (Å²) < 4.78 is 0. The lowest BCUT2D eigenvalue weighted by Gasteiger charge is -2.55. The Kier molecular flexibility index (Phi) is 2.88. The molecule has 29 heavy (non-hydrogen) atoms. The van der Waals surface area contributed by atoms with Gasteiger partial charge in [0.25, 0.3) is 0 Å². The van der Waals surface area contributed by atoms with E-state index in [9.17, 15) is 0 Å². The van der Waals surface area contributed by atoms with Crippen LogP contribution in [0.2, 0.25) is 0 Å². The van der Waals surface area contributed by atoms with Gasteiger partial charge in [-0.25, -0.2) is 0 Å². The highest BCUT2D eigenvalue weighted by molar-refractivity contribution is 6.32. The summed E-state index contributed by atoms with van der Waals surface area (Å²) in [6, 6.07) is 18.2. The summed E-state index contributed by atoms with van der Waals surface area (Å²) in [4.78, 5) is 2.57. The summed E-state index contributed by atoms with van der Waals surface area (Å²) in [5.41, 5.74) is 13.0. The number of nitrogens with zero attached hydrogens (tertiary/aromatic N) is 1. The first kappa shape index (κ1) is 17.4. The molecule has 2 radical (unpaired) electrons. The van der Waals surface area contributed by atoms with Crippen LogP contribution in [-0.2, 0) is 16.2 Å². The van der Waals surface area contributed by atoms with E-state index in [4.69, 9.17) is 7.85 Å². The van der Waals surface area contributed by atoms with Gasteiger partial charge in [-0.15, -0.1) is 0 Å². The molecule has 3 aliphatic rings. The zero-order chi connectivity index (χ0) is 20.5. The van der Waals surface area contributed by atoms with Crippen molar-refractivity contribution in [3.05, 3.63) is 81.9 Å². The molecule has 2 heteroatoms. The smallest absolute Gasteiger partial charge is 0.113 e. The molecule has 3 aromatic carbocycles. The maximum atomic E-state index is 6.48. The molecule has 3 aliphatic heterocycles. The minimum absolute atomic E-state index is 0.0395. The van der Waals surface area contributed by atoms with E-state index in [1.165, 1.54) is 50.4 Å². The Balaban J connectivity index is 1.90. The van der Waals surface area contributed by atoms with Crippen molar-refractivity contribution in [2.24, 2.45) is 0 Å². The quantitative estimate of drug-likeness (QED) is 0.444. The van der Waals surface area contributed by atoms with E-state index in [0.717, 1.165) is 5.46 Å². The maximum Gasteiger partial charge on any atom is 0.113 e. The normalized spacial score (nSPS) is 20.3. The summed E-state index contributed by atoms with van der Waals surface area (Å²) >= 11 is 0. The van der Waals surface area contributed by atoms with Crippen molar-refractivity contribution in [3.63, 3.8) is 0 Å². The number of anilines is 3. The van der Waals surface area contributed by atoms with E-state index in [1.807, 2.05) is 0 Å². The third-order valence-corrected chi connectivity index (χ3v) is 7.92. The van der Waals surface area contributed by atoms with Crippen molar-refractivity contribution in [2.45, 2.75) is 57.8 Å². The Labute approximate surface area is 175 Å². The fourth-order valence-corrected chi connectivity index (χ4v) is 6.21. The molecule has 0 saturated carbocycles. The number of para-hydroxylation sites is 2. The SMILES string of the molecule is [B]c1cc2c3c(c1)C(C)(C)c1cccc4c1N3c1c(cccc1C2(C)C)C4(C)C. The highest BCUT2D eigenvalue weighted by Crippen LogP contribution is 2.65. The van der Waals surface area contributed by atoms with Gasteiger partial charge in [0.15, 0.2) is 0 Å². The van der Waals surface area contributed by atoms with Crippen molar-refractivity contribution in [3.8, 4) is 0 Å². The fourth-order valence-electron chi connectivity index (χ4n) is 6.21. The highest BCUT2D eigenvalue weighted by atomic mass is 15.2. The summed E-state index contributed by atoms with van der Waals surface area (Å²) in [6.45, 7) is 14.2. The Morgan fingerprint density at radius 2 is 0.862 bits per heavy atom. The molecule has 6 rings (SSSR count). The van der Waals surface area contributed by atoms with Crippen molar-refractivity contribution in [2.75, 3.05) is 4.90 Å². The molecule has 3 heterocycles. The van der Waals surface area contributed by atoms with Gasteiger partial charge in [0, 0.05) is 16.2 Å². The average molecular weight is 375 g/mol. The topological polar surface area (TPSA) is 3.24 Å². The minimum atomic E-state index is -0.0999. The second-order valence-electron chi connectivity index (χ2n) is 10.6. The van der Waals surface area contributed by atoms with Crippen molar-refractivity contribution in [1.29, 1.82) is 0 Å². The number of hydrogen-bond donors (Lipinski definition) is 0. The van der Waals surface area contributed by atoms with Gasteiger partial charge in [-0.1, -0.05) is 95.5 Å². The summed E-state index contributed by atoms with van der Waals surface area (Å²) in [5, 5.41) is 0. The maximum absolute atomic E-state index is 6.48. The van der Waals surface area contributed by atoms with Gasteiger partial charge in [-0.2, -0.15) is 0 Å². The van der Waals surface area contributed by atoms with E-state index in [1.54, 1.807) is 0 Å². The van der Waals surface area contributed by atoms with Gasteiger partial charge in [0.1, 0.15) is 7.85 Å². The van der Waals surface area contributed by atoms with Crippen LogP contribution in [0.4, 0.5) is 17.1 Å². The average Bonchev–Trinajstić information content (AvgIpc) is 2.66. The lowest BCUT2D eigenvalue weighted by molar-refractivity contribution is 0.567. The first-order valence-corrected chi connectivity index (χ1v) is 10.6. The number of rotatable bonds is 0. The molecule has 0 fully saturated rings. The predicted octanol–water partition coefficient (Wildman–Crippen LogP) is 5.87. The van der Waals surface area contributed by atoms with Crippen molar-refractivity contribution < 1.29 is 0 Å². The first-order chi connectivity index (χ1) is 13.6. The summed E-state index contributed by atoms with van der Waals surface area (Å²) in [7, 11) is 6.48. The molecule has 0 saturated heterocycles. The monoisotopic (exact) mass is 375 g/mol. The van der Waals surface area contributed by atoms with Crippen LogP contribution >= 0.6 is 0 Å². The lowest BCUT2D eigenvalue weighted by Crippen LogP contribution is -2.44. The molecule has 0 aliphatic carbocycles. The van der Waals surface area contributed by atoms with E-state index < -0.39 is 0 Å². The van der Waals surface area contributed by atoms with Crippen LogP contribution in [-0.4, -0.2) is 7.85 Å². The molecule has 0 atom stereocenters. The van der Waals surface area contributed by atoms with Gasteiger partial charge >= 0.3 is 0 Å². The predicted molar refractivity (Wildman–Crippen MR) is 123 cm³/mol. The summed E-state index contributed by atoms with van der Waals surface area (Å²) in [6.07, 6.45) is 0. The Bertz CT molecular complexity index is 1150. The molecule has 0 N–H and O–H groups in total. The Morgan fingerprint density at radius 3 is 1.24 bits per heavy atom. The standard InChI is InChI=1S/C27H26BN/c1-25(2)16-9-7-11-18-22(16)29-23-17(25)10-8-12-19(23)27(5,6)21-14-15(28)13-20(24(21)29)26(18,3)4/h7-14H,1-6H3. The van der Waals surface area contributed by atoms with Gasteiger partial charge < -0.3 is 4.90 Å². The van der Waals surface area contributed by atoms with Crippen molar-refractivity contribution in [1.82, 2.24) is 0 Å². The zero-order valence-corrected chi connectivity index (χ0v) is 18.1. The molecular formula is C27H26BN. The van der Waals surface area contributed by atoms with E-state index in [-0.39, 0.29) is 16.2 Å². The number of benzene rings is 3. The summed E-state index contributed by atoms with van der Waals surface area (Å²) in [5.74, 6) is 0. The van der Waals surface area contributed by atoms with E-state index in [2.05, 4.69) is 95.0 Å². The minimum Gasteiger partial charge on any atom is -0.309 e. The van der Waals surface area contributed by atoms with Crippen molar-refractivity contribution >= 4 is 30.4 Å². The highest BCUT2D eigenvalue weighted by Gasteiger charge is 2.51. The third kappa shape index (κ3) is 1.76. The van der Waals surface area contributed by atoms with Gasteiger partial charge in [-0.05, 0) is 33.4 Å². The Morgan fingerprint density at radius 1 is 0.552 bits per heavy atom. The second kappa shape index (κ2) is 4.81. The molecule has 0 aromatic heterocycles. The fraction of sp³-hybridized carbons (Fsp3) is 0.333. The second-order valence-corrected chi connectivity index (χ2v) is 10.6. The van der Waals surface area contributed by atoms with Gasteiger partial charge in [0.05, 0.1) is 17.1 Å². The number of hydrogen-bond acceptors (Lipinski definition) is 1. The lowest BCUT2D eigenvalue weighted by atomic mass is 9.60. The van der Waals surface area contributed by atoms with Crippen LogP contribution in [0, 0.1) is 0 Å². The first-order valence-electron chi connectivity index (χ1n) is 10.6. The molecule has 3 aromatic rings. The molecular weight excluding hydrogens is 349 g/mol. The van der Waals surface area contributed by atoms with Crippen LogP contribution < -0.4 is 10.4 Å². The Hall–Kier alpha value is -2.48. The van der Waals surface area contributed by atoms with Crippen LogP contribution in [0.5, 0.6) is 0 Å². The third-order valence-electron chi connectivity index (χ3n) is 7.92. The molecule has 0 unspecified atom stereocenters. The van der Waals surface area contributed by atoms with Gasteiger partial charge in [-0.3, -0.25) is 0 Å². The van der Waals surface area contributed by atoms with Crippen LogP contribution in [0.3, 0.4) is 0 Å². The van der Waals surface area contributed by atoms with Crippen LogP contribution in [0.25, 0.3) is 0 Å².